The molecule has 0 N–H and O–H groups in total. The topological polar surface area (TPSA) is 47.8 Å². The van der Waals surface area contributed by atoms with E-state index in [0.717, 1.165) is 0 Å². The minimum atomic E-state index is -0.517. The number of benzene rings is 1. The maximum Gasteiger partial charge on any atom is 0.338 e. The van der Waals surface area contributed by atoms with Gasteiger partial charge in [0.1, 0.15) is 5.82 Å². The molecular weight excluding hydrogens is 285 g/mol. The number of ether oxygens (including phenoxy) is 1. The van der Waals surface area contributed by atoms with E-state index >= 15 is 0 Å². The maximum atomic E-state index is 13.0. The van der Waals surface area contributed by atoms with Crippen LogP contribution in [0.1, 0.15) is 26.4 Å². The van der Waals surface area contributed by atoms with Crippen molar-refractivity contribution in [2.24, 2.45) is 0 Å². The van der Waals surface area contributed by atoms with Crippen molar-refractivity contribution in [3.63, 3.8) is 0 Å². The Labute approximate surface area is 125 Å². The van der Waals surface area contributed by atoms with Gasteiger partial charge < -0.3 is 9.14 Å². The van der Waals surface area contributed by atoms with Crippen LogP contribution in [0.3, 0.4) is 0 Å². The number of rotatable bonds is 3. The van der Waals surface area contributed by atoms with Gasteiger partial charge in [0.2, 0.25) is 5.78 Å². The van der Waals surface area contributed by atoms with Gasteiger partial charge >= 0.3 is 5.97 Å². The summed E-state index contributed by atoms with van der Waals surface area (Å²) in [6, 6.07) is 12.0. The highest BCUT2D eigenvalue weighted by Gasteiger charge is 2.17. The van der Waals surface area contributed by atoms with Crippen LogP contribution in [0.15, 0.2) is 54.7 Å². The van der Waals surface area contributed by atoms with E-state index in [-0.39, 0.29) is 5.78 Å². The number of halogens is 1. The first-order chi connectivity index (χ1) is 10.6. The molecule has 0 bridgehead atoms. The van der Waals surface area contributed by atoms with E-state index in [9.17, 15) is 14.0 Å². The van der Waals surface area contributed by atoms with Crippen LogP contribution in [0.25, 0.3) is 5.52 Å². The number of hydrogen-bond acceptors (Lipinski definition) is 3. The maximum absolute atomic E-state index is 13.0. The quantitative estimate of drug-likeness (QED) is 0.551. The summed E-state index contributed by atoms with van der Waals surface area (Å²) in [7, 11) is 1.28. The SMILES string of the molecule is COC(=O)c1cc(C(=O)c2ccc(F)cc2)n2cccc2c1. The molecule has 2 aromatic heterocycles. The van der Waals surface area contributed by atoms with Gasteiger partial charge in [0.25, 0.3) is 0 Å². The third-order valence-electron chi connectivity index (χ3n) is 3.40. The van der Waals surface area contributed by atoms with Crippen molar-refractivity contribution < 1.29 is 18.7 Å². The smallest absolute Gasteiger partial charge is 0.338 e. The fourth-order valence-corrected chi connectivity index (χ4v) is 2.31. The molecule has 2 heterocycles. The Hall–Kier alpha value is -2.95. The van der Waals surface area contributed by atoms with Crippen molar-refractivity contribution in [2.45, 2.75) is 0 Å². The average Bonchev–Trinajstić information content (AvgIpc) is 3.01. The lowest BCUT2D eigenvalue weighted by Gasteiger charge is -2.08. The van der Waals surface area contributed by atoms with E-state index in [1.165, 1.54) is 37.4 Å². The number of carbonyl (C=O) groups is 2. The number of ketones is 1. The molecule has 1 aromatic carbocycles. The van der Waals surface area contributed by atoms with E-state index in [2.05, 4.69) is 0 Å². The second-order valence-electron chi connectivity index (χ2n) is 4.76. The number of nitrogens with zero attached hydrogens (tertiary/aromatic N) is 1. The zero-order valence-corrected chi connectivity index (χ0v) is 11.7. The average molecular weight is 297 g/mol. The third kappa shape index (κ3) is 2.37. The van der Waals surface area contributed by atoms with Crippen LogP contribution < -0.4 is 0 Å². The van der Waals surface area contributed by atoms with Crippen molar-refractivity contribution >= 4 is 17.3 Å². The summed E-state index contributed by atoms with van der Waals surface area (Å²) in [5.41, 5.74) is 1.65. The highest BCUT2D eigenvalue weighted by molar-refractivity contribution is 6.09. The zero-order chi connectivity index (χ0) is 15.7. The Morgan fingerprint density at radius 3 is 2.45 bits per heavy atom. The summed E-state index contributed by atoms with van der Waals surface area (Å²) in [4.78, 5) is 24.4. The number of fused-ring (bicyclic) bond motifs is 1. The first-order valence-electron chi connectivity index (χ1n) is 6.60. The molecule has 0 amide bonds. The molecule has 0 radical (unpaired) electrons. The van der Waals surface area contributed by atoms with Crippen molar-refractivity contribution in [1.29, 1.82) is 0 Å². The molecule has 0 saturated heterocycles. The molecular formula is C17H12FNO3. The molecule has 5 heteroatoms. The van der Waals surface area contributed by atoms with E-state index in [1.54, 1.807) is 28.8 Å². The molecule has 22 heavy (non-hydrogen) atoms. The molecule has 0 saturated carbocycles. The molecule has 3 rings (SSSR count). The number of pyridine rings is 1. The predicted molar refractivity (Wildman–Crippen MR) is 78.6 cm³/mol. The van der Waals surface area contributed by atoms with Crippen LogP contribution in [-0.2, 0) is 4.74 Å². The van der Waals surface area contributed by atoms with Gasteiger partial charge in [-0.05, 0) is 48.5 Å². The van der Waals surface area contributed by atoms with Gasteiger partial charge in [-0.25, -0.2) is 9.18 Å². The van der Waals surface area contributed by atoms with Crippen molar-refractivity contribution in [3.8, 4) is 0 Å². The van der Waals surface area contributed by atoms with Gasteiger partial charge in [-0.3, -0.25) is 4.79 Å². The van der Waals surface area contributed by atoms with Crippen LogP contribution in [0, 0.1) is 5.82 Å². The number of aromatic nitrogens is 1. The number of carbonyl (C=O) groups excluding carboxylic acids is 2. The summed E-state index contributed by atoms with van der Waals surface area (Å²) in [6.07, 6.45) is 1.73. The van der Waals surface area contributed by atoms with E-state index in [1.807, 2.05) is 0 Å². The molecule has 0 atom stereocenters. The molecule has 4 nitrogen and oxygen atoms in total. The monoisotopic (exact) mass is 297 g/mol. The summed E-state index contributed by atoms with van der Waals surface area (Å²) in [6.45, 7) is 0. The van der Waals surface area contributed by atoms with Crippen molar-refractivity contribution in [3.05, 3.63) is 77.4 Å². The molecule has 0 aliphatic carbocycles. The lowest BCUT2D eigenvalue weighted by molar-refractivity contribution is 0.0600. The molecule has 3 aromatic rings. The number of hydrogen-bond donors (Lipinski definition) is 0. The Morgan fingerprint density at radius 1 is 1.05 bits per heavy atom. The Bertz CT molecular complexity index is 865. The summed E-state index contributed by atoms with van der Waals surface area (Å²) >= 11 is 0. The van der Waals surface area contributed by atoms with Crippen LogP contribution in [0.4, 0.5) is 4.39 Å². The van der Waals surface area contributed by atoms with E-state index in [4.69, 9.17) is 4.74 Å². The zero-order valence-electron chi connectivity index (χ0n) is 11.7. The molecule has 0 aliphatic heterocycles. The lowest BCUT2D eigenvalue weighted by atomic mass is 10.1. The van der Waals surface area contributed by atoms with Gasteiger partial charge in [-0.1, -0.05) is 0 Å². The first-order valence-corrected chi connectivity index (χ1v) is 6.60. The second-order valence-corrected chi connectivity index (χ2v) is 4.76. The summed E-state index contributed by atoms with van der Waals surface area (Å²) < 4.78 is 19.4. The lowest BCUT2D eigenvalue weighted by Crippen LogP contribution is -2.11. The highest BCUT2D eigenvalue weighted by Crippen LogP contribution is 2.17. The number of methoxy groups -OCH3 is 1. The van der Waals surface area contributed by atoms with Crippen molar-refractivity contribution in [2.75, 3.05) is 7.11 Å². The fraction of sp³-hybridized carbons (Fsp3) is 0.0588. The minimum Gasteiger partial charge on any atom is -0.465 e. The van der Waals surface area contributed by atoms with Crippen LogP contribution >= 0.6 is 0 Å². The van der Waals surface area contributed by atoms with Crippen LogP contribution in [-0.4, -0.2) is 23.3 Å². The largest absolute Gasteiger partial charge is 0.465 e. The molecule has 0 unspecified atom stereocenters. The van der Waals surface area contributed by atoms with Crippen molar-refractivity contribution in [1.82, 2.24) is 4.40 Å². The molecule has 0 fully saturated rings. The second kappa shape index (κ2) is 5.44. The Balaban J connectivity index is 2.16. The molecule has 0 spiro atoms. The van der Waals surface area contributed by atoms with Gasteiger partial charge in [0.05, 0.1) is 18.4 Å². The van der Waals surface area contributed by atoms with Gasteiger partial charge in [0, 0.05) is 17.3 Å². The van der Waals surface area contributed by atoms with E-state index < -0.39 is 11.8 Å². The summed E-state index contributed by atoms with van der Waals surface area (Å²) in [5, 5.41) is 0. The highest BCUT2D eigenvalue weighted by atomic mass is 19.1. The molecule has 0 aliphatic rings. The third-order valence-corrected chi connectivity index (χ3v) is 3.40. The standard InChI is InChI=1S/C17H12FNO3/c1-22-17(21)12-9-14-3-2-8-19(14)15(10-12)16(20)11-4-6-13(18)7-5-11/h2-10H,1H3. The van der Waals surface area contributed by atoms with Crippen LogP contribution in [0.5, 0.6) is 0 Å². The predicted octanol–water partition coefficient (Wildman–Crippen LogP) is 3.10. The molecule has 110 valence electrons. The van der Waals surface area contributed by atoms with Gasteiger partial charge in [0.15, 0.2) is 0 Å². The van der Waals surface area contributed by atoms with E-state index in [0.29, 0.717) is 22.3 Å². The van der Waals surface area contributed by atoms with Gasteiger partial charge in [-0.2, -0.15) is 0 Å². The normalized spacial score (nSPS) is 10.6. The van der Waals surface area contributed by atoms with Crippen LogP contribution in [0.2, 0.25) is 0 Å². The Morgan fingerprint density at radius 2 is 1.77 bits per heavy atom. The number of esters is 1. The fourth-order valence-electron chi connectivity index (χ4n) is 2.31. The Kier molecular flexibility index (Phi) is 3.47. The minimum absolute atomic E-state index is 0.291. The first kappa shape index (κ1) is 14.0. The summed E-state index contributed by atoms with van der Waals surface area (Å²) in [5.74, 6) is -1.23. The van der Waals surface area contributed by atoms with Gasteiger partial charge in [-0.15, -0.1) is 0 Å².